The average Bonchev–Trinajstić information content (AvgIpc) is 3.08. The molecule has 1 aliphatic rings. The second kappa shape index (κ2) is 5.03. The molecule has 19 heavy (non-hydrogen) atoms. The van der Waals surface area contributed by atoms with Gasteiger partial charge in [0.05, 0.1) is 0 Å². The molecule has 0 atom stereocenters. The highest BCUT2D eigenvalue weighted by molar-refractivity contribution is 9.10. The van der Waals surface area contributed by atoms with Crippen LogP contribution in [0.5, 0.6) is 0 Å². The number of nitrogens with zero attached hydrogens (tertiary/aromatic N) is 1. The minimum atomic E-state index is -4.27. The maximum absolute atomic E-state index is 12.7. The van der Waals surface area contributed by atoms with E-state index < -0.39 is 12.7 Å². The fourth-order valence-corrected chi connectivity index (χ4v) is 2.33. The van der Waals surface area contributed by atoms with Crippen LogP contribution in [0, 0.1) is 5.41 Å². The predicted molar refractivity (Wildman–Crippen MR) is 71.6 cm³/mol. The Morgan fingerprint density at radius 2 is 2.05 bits per heavy atom. The van der Waals surface area contributed by atoms with Crippen LogP contribution >= 0.6 is 15.9 Å². The van der Waals surface area contributed by atoms with Gasteiger partial charge in [-0.15, -0.1) is 0 Å². The topological polar surface area (TPSA) is 53.1 Å². The largest absolute Gasteiger partial charge is 0.405 e. The molecule has 3 N–H and O–H groups in total. The summed E-state index contributed by atoms with van der Waals surface area (Å²) in [6, 6.07) is 4.70. The van der Waals surface area contributed by atoms with Crippen LogP contribution < -0.4 is 10.6 Å². The van der Waals surface area contributed by atoms with E-state index in [1.807, 2.05) is 0 Å². The Balaban J connectivity index is 2.39. The summed E-state index contributed by atoms with van der Waals surface area (Å²) in [7, 11) is 0. The molecule has 1 aromatic rings. The van der Waals surface area contributed by atoms with Crippen molar-refractivity contribution >= 4 is 27.5 Å². The van der Waals surface area contributed by atoms with Gasteiger partial charge in [0.25, 0.3) is 0 Å². The molecule has 0 spiro atoms. The van der Waals surface area contributed by atoms with Gasteiger partial charge in [0.15, 0.2) is 0 Å². The van der Waals surface area contributed by atoms with Gasteiger partial charge in [0.1, 0.15) is 12.4 Å². The van der Waals surface area contributed by atoms with Gasteiger partial charge in [-0.1, -0.05) is 15.9 Å². The number of benzene rings is 1. The van der Waals surface area contributed by atoms with E-state index in [1.54, 1.807) is 18.2 Å². The second-order valence-electron chi connectivity index (χ2n) is 4.55. The van der Waals surface area contributed by atoms with Crippen molar-refractivity contribution in [3.8, 4) is 0 Å². The first-order valence-corrected chi connectivity index (χ1v) is 6.54. The van der Waals surface area contributed by atoms with Crippen molar-refractivity contribution in [3.63, 3.8) is 0 Å². The normalized spacial score (nSPS) is 15.4. The molecule has 0 radical (unpaired) electrons. The van der Waals surface area contributed by atoms with Gasteiger partial charge in [0.2, 0.25) is 0 Å². The Hall–Kier alpha value is -1.24. The van der Waals surface area contributed by atoms with Crippen molar-refractivity contribution in [2.75, 3.05) is 11.4 Å². The Labute approximate surface area is 117 Å². The second-order valence-corrected chi connectivity index (χ2v) is 5.47. The van der Waals surface area contributed by atoms with Gasteiger partial charge in [-0.25, -0.2) is 0 Å². The fraction of sp³-hybridized carbons (Fsp3) is 0.417. The summed E-state index contributed by atoms with van der Waals surface area (Å²) in [5.74, 6) is -0.232. The van der Waals surface area contributed by atoms with E-state index in [1.165, 1.54) is 4.90 Å². The SMILES string of the molecule is N=C(N)c1cc(Br)ccc1N(CC(F)(F)F)C1CC1. The summed E-state index contributed by atoms with van der Waals surface area (Å²) in [6.45, 7) is -1.01. The van der Waals surface area contributed by atoms with Crippen molar-refractivity contribution in [2.45, 2.75) is 25.1 Å². The van der Waals surface area contributed by atoms with Crippen LogP contribution in [0.15, 0.2) is 22.7 Å². The van der Waals surface area contributed by atoms with E-state index >= 15 is 0 Å². The lowest BCUT2D eigenvalue weighted by Gasteiger charge is -2.28. The minimum Gasteiger partial charge on any atom is -0.384 e. The number of halogens is 4. The van der Waals surface area contributed by atoms with E-state index in [4.69, 9.17) is 11.1 Å². The maximum atomic E-state index is 12.7. The first-order valence-electron chi connectivity index (χ1n) is 5.75. The molecular formula is C12H13BrF3N3. The number of nitrogens with two attached hydrogens (primary N) is 1. The van der Waals surface area contributed by atoms with Crippen LogP contribution in [0.2, 0.25) is 0 Å². The third kappa shape index (κ3) is 3.62. The van der Waals surface area contributed by atoms with Crippen molar-refractivity contribution in [1.82, 2.24) is 0 Å². The zero-order valence-corrected chi connectivity index (χ0v) is 11.6. The quantitative estimate of drug-likeness (QED) is 0.655. The van der Waals surface area contributed by atoms with Gasteiger partial charge >= 0.3 is 6.18 Å². The third-order valence-electron chi connectivity index (χ3n) is 2.90. The van der Waals surface area contributed by atoms with Crippen LogP contribution in [-0.4, -0.2) is 24.6 Å². The molecule has 7 heteroatoms. The van der Waals surface area contributed by atoms with Gasteiger partial charge in [0, 0.05) is 21.8 Å². The molecule has 1 saturated carbocycles. The van der Waals surface area contributed by atoms with E-state index in [0.29, 0.717) is 15.7 Å². The van der Waals surface area contributed by atoms with Crippen molar-refractivity contribution in [3.05, 3.63) is 28.2 Å². The highest BCUT2D eigenvalue weighted by Gasteiger charge is 2.39. The lowest BCUT2D eigenvalue weighted by molar-refractivity contribution is -0.120. The summed E-state index contributed by atoms with van der Waals surface area (Å²) in [6.07, 6.45) is -2.79. The summed E-state index contributed by atoms with van der Waals surface area (Å²) >= 11 is 3.23. The maximum Gasteiger partial charge on any atom is 0.405 e. The van der Waals surface area contributed by atoms with Crippen LogP contribution in [-0.2, 0) is 0 Å². The van der Waals surface area contributed by atoms with Crippen LogP contribution in [0.25, 0.3) is 0 Å². The van der Waals surface area contributed by atoms with Crippen LogP contribution in [0.3, 0.4) is 0 Å². The van der Waals surface area contributed by atoms with Crippen molar-refractivity contribution in [2.24, 2.45) is 5.73 Å². The number of amidine groups is 1. The summed E-state index contributed by atoms with van der Waals surface area (Å²) in [5, 5.41) is 7.51. The summed E-state index contributed by atoms with van der Waals surface area (Å²) in [4.78, 5) is 1.29. The summed E-state index contributed by atoms with van der Waals surface area (Å²) in [5.41, 5.74) is 6.16. The highest BCUT2D eigenvalue weighted by atomic mass is 79.9. The van der Waals surface area contributed by atoms with Crippen molar-refractivity contribution in [1.29, 1.82) is 5.41 Å². The van der Waals surface area contributed by atoms with E-state index in [9.17, 15) is 13.2 Å². The molecular weight excluding hydrogens is 323 g/mol. The molecule has 1 aliphatic carbocycles. The van der Waals surface area contributed by atoms with Crippen LogP contribution in [0.1, 0.15) is 18.4 Å². The molecule has 0 bridgehead atoms. The number of hydrogen-bond donors (Lipinski definition) is 2. The standard InChI is InChI=1S/C12H13BrF3N3/c13-7-1-4-10(9(5-7)11(17)18)19(8-2-3-8)6-12(14,15)16/h1,4-5,8H,2-3,6H2,(H3,17,18). The Bertz CT molecular complexity index is 497. The van der Waals surface area contributed by atoms with Gasteiger partial charge in [-0.05, 0) is 31.0 Å². The molecule has 0 aliphatic heterocycles. The molecule has 0 heterocycles. The summed E-state index contributed by atoms with van der Waals surface area (Å²) < 4.78 is 38.7. The molecule has 2 rings (SSSR count). The highest BCUT2D eigenvalue weighted by Crippen LogP contribution is 2.36. The monoisotopic (exact) mass is 335 g/mol. The number of alkyl halides is 3. The van der Waals surface area contributed by atoms with Crippen molar-refractivity contribution < 1.29 is 13.2 Å². The van der Waals surface area contributed by atoms with Crippen LogP contribution in [0.4, 0.5) is 18.9 Å². The zero-order valence-electron chi connectivity index (χ0n) is 9.97. The Kier molecular flexibility index (Phi) is 3.75. The minimum absolute atomic E-state index is 0.110. The molecule has 104 valence electrons. The van der Waals surface area contributed by atoms with Gasteiger partial charge in [-0.3, -0.25) is 5.41 Å². The first-order chi connectivity index (χ1) is 8.78. The number of hydrogen-bond acceptors (Lipinski definition) is 2. The molecule has 1 fully saturated rings. The zero-order chi connectivity index (χ0) is 14.2. The lowest BCUT2D eigenvalue weighted by Crippen LogP contribution is -2.37. The first kappa shape index (κ1) is 14.2. The Morgan fingerprint density at radius 3 is 2.53 bits per heavy atom. The lowest BCUT2D eigenvalue weighted by atomic mass is 10.1. The van der Waals surface area contributed by atoms with E-state index in [-0.39, 0.29) is 11.9 Å². The molecule has 0 saturated heterocycles. The number of nitrogens with one attached hydrogen (secondary N) is 1. The number of rotatable bonds is 4. The molecule has 0 amide bonds. The van der Waals surface area contributed by atoms with Gasteiger partial charge in [-0.2, -0.15) is 13.2 Å². The Morgan fingerprint density at radius 1 is 1.42 bits per heavy atom. The average molecular weight is 336 g/mol. The molecule has 0 unspecified atom stereocenters. The fourth-order valence-electron chi connectivity index (χ4n) is 1.96. The van der Waals surface area contributed by atoms with Gasteiger partial charge < -0.3 is 10.6 Å². The molecule has 3 nitrogen and oxygen atoms in total. The van der Waals surface area contributed by atoms with E-state index in [2.05, 4.69) is 15.9 Å². The third-order valence-corrected chi connectivity index (χ3v) is 3.39. The molecule has 1 aromatic carbocycles. The smallest absolute Gasteiger partial charge is 0.384 e. The predicted octanol–water partition coefficient (Wildman–Crippen LogP) is 3.26. The number of anilines is 1. The van der Waals surface area contributed by atoms with E-state index in [0.717, 1.165) is 12.8 Å². The number of nitrogen functional groups attached to an aromatic ring is 1. The molecule has 0 aromatic heterocycles.